The van der Waals surface area contributed by atoms with Crippen molar-refractivity contribution < 1.29 is 24.2 Å². The van der Waals surface area contributed by atoms with E-state index in [1.165, 1.54) is 0 Å². The number of carboxylic acid groups (broad SMARTS) is 1. The fourth-order valence-corrected chi connectivity index (χ4v) is 5.66. The van der Waals surface area contributed by atoms with Gasteiger partial charge in [0.25, 0.3) is 0 Å². The molecule has 2 heterocycles. The standard InChI is InChI=1S/C37H39N3O5/c41-35(39-34(37(43)44)24-28-9-12-33(13-10-28)45-26-30-5-2-1-3-6-30)25-29-17-21-40(22-18-29)36(42)14-11-27-7-4-8-32(23-27)31-15-19-38-20-16-31/h1-10,12-13,15-16,19-20,23,29,34H,11,14,17-18,21-22,24-26H2,(H,39,41)(H,43,44)/t34-/m0/s1. The molecule has 0 bridgehead atoms. The SMILES string of the molecule is O=C(CC1CCN(C(=O)CCc2cccc(-c3ccncc3)c2)CC1)N[C@@H](Cc1ccc(OCc2ccccc2)cc1)C(=O)O. The number of benzene rings is 3. The van der Waals surface area contributed by atoms with Crippen LogP contribution in [0, 0.1) is 5.92 Å². The largest absolute Gasteiger partial charge is 0.489 e. The molecule has 0 spiro atoms. The van der Waals surface area contributed by atoms with Crippen molar-refractivity contribution in [1.29, 1.82) is 0 Å². The topological polar surface area (TPSA) is 109 Å². The van der Waals surface area contributed by atoms with Gasteiger partial charge in [-0.3, -0.25) is 14.6 Å². The Hall–Kier alpha value is -4.98. The van der Waals surface area contributed by atoms with Gasteiger partial charge in [-0.1, -0.05) is 66.7 Å². The Balaban J connectivity index is 1.03. The van der Waals surface area contributed by atoms with Gasteiger partial charge in [0.2, 0.25) is 11.8 Å². The lowest BCUT2D eigenvalue weighted by Gasteiger charge is -2.32. The average Bonchev–Trinajstić information content (AvgIpc) is 3.08. The Labute approximate surface area is 264 Å². The summed E-state index contributed by atoms with van der Waals surface area (Å²) >= 11 is 0. The van der Waals surface area contributed by atoms with Crippen LogP contribution in [0.5, 0.6) is 5.75 Å². The van der Waals surface area contributed by atoms with Gasteiger partial charge in [0, 0.05) is 44.7 Å². The van der Waals surface area contributed by atoms with Crippen LogP contribution in [-0.2, 0) is 33.8 Å². The second-order valence-electron chi connectivity index (χ2n) is 11.5. The minimum atomic E-state index is -1.07. The Morgan fingerprint density at radius 2 is 1.56 bits per heavy atom. The number of ether oxygens (including phenoxy) is 1. The van der Waals surface area contributed by atoms with Gasteiger partial charge in [0.1, 0.15) is 18.4 Å². The van der Waals surface area contributed by atoms with Gasteiger partial charge in [-0.15, -0.1) is 0 Å². The number of rotatable bonds is 13. The Kier molecular flexibility index (Phi) is 10.9. The summed E-state index contributed by atoms with van der Waals surface area (Å²) in [5.74, 6) is -0.418. The molecule has 232 valence electrons. The molecule has 1 aromatic heterocycles. The molecular formula is C37H39N3O5. The Bertz CT molecular complexity index is 1550. The van der Waals surface area contributed by atoms with E-state index in [1.54, 1.807) is 12.4 Å². The van der Waals surface area contributed by atoms with Crippen LogP contribution in [0.1, 0.15) is 42.4 Å². The van der Waals surface area contributed by atoms with E-state index < -0.39 is 12.0 Å². The zero-order valence-electron chi connectivity index (χ0n) is 25.3. The molecule has 0 radical (unpaired) electrons. The first-order valence-electron chi connectivity index (χ1n) is 15.5. The fraction of sp³-hybridized carbons (Fsp3) is 0.297. The van der Waals surface area contributed by atoms with E-state index in [4.69, 9.17) is 4.74 Å². The lowest BCUT2D eigenvalue weighted by atomic mass is 9.92. The molecule has 2 amide bonds. The summed E-state index contributed by atoms with van der Waals surface area (Å²) in [6, 6.07) is 28.3. The van der Waals surface area contributed by atoms with E-state index in [9.17, 15) is 19.5 Å². The highest BCUT2D eigenvalue weighted by Gasteiger charge is 2.26. The van der Waals surface area contributed by atoms with Crippen molar-refractivity contribution in [1.82, 2.24) is 15.2 Å². The van der Waals surface area contributed by atoms with Crippen LogP contribution < -0.4 is 10.1 Å². The highest BCUT2D eigenvalue weighted by molar-refractivity contribution is 5.84. The molecule has 3 aromatic carbocycles. The predicted molar refractivity (Wildman–Crippen MR) is 172 cm³/mol. The van der Waals surface area contributed by atoms with Crippen LogP contribution in [0.4, 0.5) is 0 Å². The third-order valence-electron chi connectivity index (χ3n) is 8.25. The molecule has 1 saturated heterocycles. The van der Waals surface area contributed by atoms with Crippen molar-refractivity contribution in [3.8, 4) is 16.9 Å². The van der Waals surface area contributed by atoms with E-state index in [0.717, 1.165) is 40.7 Å². The number of nitrogens with one attached hydrogen (secondary N) is 1. The van der Waals surface area contributed by atoms with Crippen LogP contribution in [-0.4, -0.2) is 51.9 Å². The first-order chi connectivity index (χ1) is 21.9. The smallest absolute Gasteiger partial charge is 0.326 e. The maximum atomic E-state index is 12.9. The lowest BCUT2D eigenvalue weighted by Crippen LogP contribution is -2.44. The predicted octanol–water partition coefficient (Wildman–Crippen LogP) is 5.70. The van der Waals surface area contributed by atoms with Crippen LogP contribution in [0.2, 0.25) is 0 Å². The fourth-order valence-electron chi connectivity index (χ4n) is 5.66. The van der Waals surface area contributed by atoms with Gasteiger partial charge in [0.05, 0.1) is 0 Å². The molecule has 1 aliphatic rings. The Morgan fingerprint density at radius 3 is 2.27 bits per heavy atom. The zero-order valence-corrected chi connectivity index (χ0v) is 25.3. The number of aromatic nitrogens is 1. The number of piperidine rings is 1. The number of carbonyl (C=O) groups excluding carboxylic acids is 2. The average molecular weight is 606 g/mol. The first kappa shape index (κ1) is 31.4. The summed E-state index contributed by atoms with van der Waals surface area (Å²) in [7, 11) is 0. The molecular weight excluding hydrogens is 566 g/mol. The van der Waals surface area contributed by atoms with E-state index in [-0.39, 0.29) is 30.6 Å². The molecule has 5 rings (SSSR count). The maximum absolute atomic E-state index is 12.9. The Morgan fingerprint density at radius 1 is 0.844 bits per heavy atom. The molecule has 0 aliphatic carbocycles. The second kappa shape index (κ2) is 15.7. The number of likely N-dealkylation sites (tertiary alicyclic amines) is 1. The molecule has 0 unspecified atom stereocenters. The molecule has 1 atom stereocenters. The molecule has 1 fully saturated rings. The highest BCUT2D eigenvalue weighted by atomic mass is 16.5. The lowest BCUT2D eigenvalue weighted by molar-refractivity contribution is -0.142. The summed E-state index contributed by atoms with van der Waals surface area (Å²) in [6.07, 6.45) is 6.52. The molecule has 1 aliphatic heterocycles. The van der Waals surface area contributed by atoms with Gasteiger partial charge in [-0.25, -0.2) is 4.79 Å². The van der Waals surface area contributed by atoms with E-state index >= 15 is 0 Å². The van der Waals surface area contributed by atoms with Crippen molar-refractivity contribution in [3.63, 3.8) is 0 Å². The van der Waals surface area contributed by atoms with Crippen LogP contribution in [0.25, 0.3) is 11.1 Å². The van der Waals surface area contributed by atoms with Gasteiger partial charge in [0.15, 0.2) is 0 Å². The number of nitrogens with zero attached hydrogens (tertiary/aromatic N) is 2. The van der Waals surface area contributed by atoms with Crippen molar-refractivity contribution in [2.45, 2.75) is 51.2 Å². The molecule has 8 heteroatoms. The van der Waals surface area contributed by atoms with Crippen LogP contribution in [0.3, 0.4) is 0 Å². The van der Waals surface area contributed by atoms with E-state index in [2.05, 4.69) is 22.4 Å². The van der Waals surface area contributed by atoms with E-state index in [0.29, 0.717) is 38.3 Å². The van der Waals surface area contributed by atoms with Crippen molar-refractivity contribution in [2.24, 2.45) is 5.92 Å². The number of hydrogen-bond donors (Lipinski definition) is 2. The molecule has 8 nitrogen and oxygen atoms in total. The number of amides is 2. The first-order valence-corrected chi connectivity index (χ1v) is 15.5. The third kappa shape index (κ3) is 9.50. The van der Waals surface area contributed by atoms with Gasteiger partial charge >= 0.3 is 5.97 Å². The number of pyridine rings is 1. The highest BCUT2D eigenvalue weighted by Crippen LogP contribution is 2.23. The summed E-state index contributed by atoms with van der Waals surface area (Å²) in [6.45, 7) is 1.66. The van der Waals surface area contributed by atoms with Gasteiger partial charge in [-0.2, -0.15) is 0 Å². The van der Waals surface area contributed by atoms with E-state index in [1.807, 2.05) is 83.8 Å². The normalized spacial score (nSPS) is 14.0. The number of hydrogen-bond acceptors (Lipinski definition) is 5. The number of aliphatic carboxylic acids is 1. The zero-order chi connectivity index (χ0) is 31.4. The quantitative estimate of drug-likeness (QED) is 0.202. The van der Waals surface area contributed by atoms with Crippen molar-refractivity contribution in [2.75, 3.05) is 13.1 Å². The van der Waals surface area contributed by atoms with Crippen molar-refractivity contribution in [3.05, 3.63) is 120 Å². The summed E-state index contributed by atoms with van der Waals surface area (Å²) in [5.41, 5.74) is 5.17. The molecule has 0 saturated carbocycles. The van der Waals surface area contributed by atoms with Crippen molar-refractivity contribution >= 4 is 17.8 Å². The molecule has 2 N–H and O–H groups in total. The maximum Gasteiger partial charge on any atom is 0.326 e. The number of carboxylic acids is 1. The van der Waals surface area contributed by atoms with Gasteiger partial charge < -0.3 is 20.1 Å². The van der Waals surface area contributed by atoms with Crippen LogP contribution >= 0.6 is 0 Å². The summed E-state index contributed by atoms with van der Waals surface area (Å²) in [5, 5.41) is 12.5. The summed E-state index contributed by atoms with van der Waals surface area (Å²) in [4.78, 5) is 43.7. The van der Waals surface area contributed by atoms with Crippen LogP contribution in [0.15, 0.2) is 103 Å². The summed E-state index contributed by atoms with van der Waals surface area (Å²) < 4.78 is 5.81. The monoisotopic (exact) mass is 605 g/mol. The van der Waals surface area contributed by atoms with Gasteiger partial charge in [-0.05, 0) is 77.3 Å². The molecule has 45 heavy (non-hydrogen) atoms. The number of carbonyl (C=O) groups is 3. The molecule has 4 aromatic rings. The minimum Gasteiger partial charge on any atom is -0.489 e. The minimum absolute atomic E-state index is 0.113. The number of aryl methyl sites for hydroxylation is 1. The third-order valence-corrected chi connectivity index (χ3v) is 8.25. The second-order valence-corrected chi connectivity index (χ2v) is 11.5.